The summed E-state index contributed by atoms with van der Waals surface area (Å²) in [5.41, 5.74) is 17.7. The summed E-state index contributed by atoms with van der Waals surface area (Å²) in [6, 6.07) is -0.833. The number of carbonyl (C=O) groups is 1. The van der Waals surface area contributed by atoms with Gasteiger partial charge in [-0.2, -0.15) is 0 Å². The number of rotatable bonds is 0. The van der Waals surface area contributed by atoms with Gasteiger partial charge in [0.05, 0.1) is 0 Å². The predicted molar refractivity (Wildman–Crippen MR) is 40.3 cm³/mol. The minimum Gasteiger partial charge on any atom is -0.870 e. The number of hydrogen-bond donors (Lipinski definition) is 4. The third-order valence-electron chi connectivity index (χ3n) is 0. The molecular weight excluding hydrogens is 183 g/mol. The number of thiocarbonyl (C=S) groups is 1. The molecule has 0 bridgehead atoms. The average molecular weight is 194 g/mol. The van der Waals surface area contributed by atoms with Gasteiger partial charge >= 0.3 is 35.6 Å². The van der Waals surface area contributed by atoms with E-state index in [4.69, 9.17) is 4.79 Å². The van der Waals surface area contributed by atoms with Gasteiger partial charge in [-0.1, -0.05) is 0 Å². The van der Waals surface area contributed by atoms with Crippen LogP contribution in [0, 0.1) is 0 Å². The SMILES string of the molecule is NC(N)=O.NC(N)=S.O.[Na+].[OH-]. The summed E-state index contributed by atoms with van der Waals surface area (Å²) >= 11 is 4.09. The Hall–Kier alpha value is -0.120. The van der Waals surface area contributed by atoms with E-state index in [1.165, 1.54) is 0 Å². The molecule has 0 aromatic carbocycles. The molecule has 0 aliphatic rings. The summed E-state index contributed by atoms with van der Waals surface area (Å²) in [4.78, 5) is 9.00. The zero-order chi connectivity index (χ0) is 7.15. The molecule has 0 radical (unpaired) electrons. The van der Waals surface area contributed by atoms with E-state index in [1.54, 1.807) is 0 Å². The Morgan fingerprint density at radius 2 is 1.09 bits per heavy atom. The maximum atomic E-state index is 9.00. The number of hydrogen-bond acceptors (Lipinski definition) is 3. The Bertz CT molecular complexity index is 81.3. The molecule has 0 saturated heterocycles. The van der Waals surface area contributed by atoms with E-state index in [0.717, 1.165) is 0 Å². The third-order valence-corrected chi connectivity index (χ3v) is 0. The Morgan fingerprint density at radius 3 is 1.09 bits per heavy atom. The number of urea groups is 1. The fourth-order valence-corrected chi connectivity index (χ4v) is 0. The van der Waals surface area contributed by atoms with Crippen LogP contribution in [0.1, 0.15) is 0 Å². The molecule has 0 spiro atoms. The molecule has 11 N–H and O–H groups in total. The zero-order valence-electron chi connectivity index (χ0n) is 6.07. The topological polar surface area (TPSA) is 183 Å². The molecule has 0 aliphatic carbocycles. The first-order chi connectivity index (χ1) is 3.46. The molecule has 9 heteroatoms. The van der Waals surface area contributed by atoms with Gasteiger partial charge in [-0.25, -0.2) is 4.79 Å². The summed E-state index contributed by atoms with van der Waals surface area (Å²) < 4.78 is 0. The molecule has 2 amide bonds. The first-order valence-electron chi connectivity index (χ1n) is 1.56. The predicted octanol–water partition coefficient (Wildman–Crippen LogP) is -5.79. The van der Waals surface area contributed by atoms with Crippen molar-refractivity contribution in [2.24, 2.45) is 22.9 Å². The van der Waals surface area contributed by atoms with Crippen molar-refractivity contribution in [2.45, 2.75) is 0 Å². The second-order valence-electron chi connectivity index (χ2n) is 0.805. The first-order valence-corrected chi connectivity index (χ1v) is 1.97. The van der Waals surface area contributed by atoms with Crippen LogP contribution in [0.4, 0.5) is 4.79 Å². The van der Waals surface area contributed by atoms with E-state index < -0.39 is 6.03 Å². The maximum Gasteiger partial charge on any atom is 1.00 e. The Balaban J connectivity index is -0.0000000171. The minimum atomic E-state index is -0.833. The summed E-state index contributed by atoms with van der Waals surface area (Å²) in [6.45, 7) is 0. The fraction of sp³-hybridized carbons (Fsp3) is 0. The standard InChI is InChI=1S/CH4N2O.CH4N2S.Na.2H2O/c2*2-1(3)4;;;/h2*(H4,2,3,4);;2*1H2/q;;+1;;/p-1. The van der Waals surface area contributed by atoms with Crippen molar-refractivity contribution in [2.75, 3.05) is 0 Å². The number of carbonyl (C=O) groups excluding carboxylic acids is 1. The average Bonchev–Trinajstić information content (AvgIpc) is 1.25. The smallest absolute Gasteiger partial charge is 0.870 e. The van der Waals surface area contributed by atoms with Crippen LogP contribution in [0.3, 0.4) is 0 Å². The minimum absolute atomic E-state index is 0. The van der Waals surface area contributed by atoms with Crippen LogP contribution >= 0.6 is 12.2 Å². The Morgan fingerprint density at radius 1 is 1.09 bits per heavy atom. The molecule has 0 rings (SSSR count). The van der Waals surface area contributed by atoms with Crippen molar-refractivity contribution in [1.82, 2.24) is 0 Å². The molecule has 11 heavy (non-hydrogen) atoms. The second-order valence-corrected chi connectivity index (χ2v) is 1.28. The van der Waals surface area contributed by atoms with Crippen LogP contribution in [0.25, 0.3) is 0 Å². The van der Waals surface area contributed by atoms with Gasteiger partial charge in [0.25, 0.3) is 0 Å². The monoisotopic (exact) mass is 194 g/mol. The first kappa shape index (κ1) is 30.7. The number of amides is 2. The Kier molecular flexibility index (Phi) is 62.9. The molecule has 0 saturated carbocycles. The summed E-state index contributed by atoms with van der Waals surface area (Å²) in [7, 11) is 0. The van der Waals surface area contributed by atoms with Gasteiger partial charge in [-0.3, -0.25) is 0 Å². The van der Waals surface area contributed by atoms with E-state index in [-0.39, 0.29) is 45.6 Å². The van der Waals surface area contributed by atoms with Gasteiger partial charge in [0.1, 0.15) is 0 Å². The van der Waals surface area contributed by atoms with Crippen LogP contribution in [0.2, 0.25) is 0 Å². The van der Waals surface area contributed by atoms with Gasteiger partial charge in [0, 0.05) is 0 Å². The van der Waals surface area contributed by atoms with E-state index in [0.29, 0.717) is 0 Å². The zero-order valence-corrected chi connectivity index (χ0v) is 8.89. The van der Waals surface area contributed by atoms with Gasteiger partial charge in [0.2, 0.25) is 0 Å². The summed E-state index contributed by atoms with van der Waals surface area (Å²) in [5, 5.41) is 0.000000000000000222. The van der Waals surface area contributed by atoms with Gasteiger partial charge in [0.15, 0.2) is 5.11 Å². The van der Waals surface area contributed by atoms with Crippen molar-refractivity contribution in [3.63, 3.8) is 0 Å². The molecule has 0 atom stereocenters. The van der Waals surface area contributed by atoms with Crippen LogP contribution in [-0.4, -0.2) is 22.1 Å². The quantitative estimate of drug-likeness (QED) is 0.221. The van der Waals surface area contributed by atoms with Gasteiger partial charge in [-0.05, 0) is 12.2 Å². The summed E-state index contributed by atoms with van der Waals surface area (Å²) in [5.74, 6) is 0. The normalized spacial score (nSPS) is 4.36. The van der Waals surface area contributed by atoms with E-state index in [2.05, 4.69) is 35.2 Å². The van der Waals surface area contributed by atoms with E-state index in [9.17, 15) is 0 Å². The van der Waals surface area contributed by atoms with Crippen LogP contribution in [-0.2, 0) is 0 Å². The van der Waals surface area contributed by atoms with Crippen LogP contribution in [0.5, 0.6) is 0 Å². The second kappa shape index (κ2) is 22.5. The van der Waals surface area contributed by atoms with E-state index >= 15 is 0 Å². The van der Waals surface area contributed by atoms with Gasteiger partial charge < -0.3 is 33.9 Å². The molecule has 0 aliphatic heterocycles. The van der Waals surface area contributed by atoms with Crippen molar-refractivity contribution in [3.8, 4) is 0 Å². The number of primary amides is 2. The molecule has 0 heterocycles. The number of nitrogens with two attached hydrogens (primary N) is 4. The van der Waals surface area contributed by atoms with Gasteiger partial charge in [-0.15, -0.1) is 0 Å². The fourth-order valence-electron chi connectivity index (χ4n) is 0. The van der Waals surface area contributed by atoms with Crippen molar-refractivity contribution in [3.05, 3.63) is 0 Å². The molecule has 0 fully saturated rings. The van der Waals surface area contributed by atoms with Crippen molar-refractivity contribution in [1.29, 1.82) is 0 Å². The van der Waals surface area contributed by atoms with Crippen LogP contribution < -0.4 is 52.5 Å². The molecule has 0 aromatic heterocycles. The molecule has 64 valence electrons. The Labute approximate surface area is 91.4 Å². The van der Waals surface area contributed by atoms with E-state index in [1.807, 2.05) is 0 Å². The van der Waals surface area contributed by atoms with Crippen molar-refractivity contribution >= 4 is 23.4 Å². The van der Waals surface area contributed by atoms with Crippen LogP contribution in [0.15, 0.2) is 0 Å². The largest absolute Gasteiger partial charge is 1.00 e. The summed E-state index contributed by atoms with van der Waals surface area (Å²) in [6.07, 6.45) is 0. The molecule has 0 aromatic rings. The molecule has 7 nitrogen and oxygen atoms in total. The van der Waals surface area contributed by atoms with Crippen molar-refractivity contribution < 1.29 is 45.3 Å². The molecule has 0 unspecified atom stereocenters. The third kappa shape index (κ3) is 42600. The maximum absolute atomic E-state index is 9.00. The molecular formula is C2H11N4NaO3S.